The third-order valence-corrected chi connectivity index (χ3v) is 3.13. The summed E-state index contributed by atoms with van der Waals surface area (Å²) in [4.78, 5) is 8.23. The van der Waals surface area contributed by atoms with Crippen molar-refractivity contribution in [3.63, 3.8) is 0 Å². The largest absolute Gasteiger partial charge is 0.316 e. The highest BCUT2D eigenvalue weighted by molar-refractivity contribution is 7.99. The van der Waals surface area contributed by atoms with Gasteiger partial charge in [0.25, 0.3) is 0 Å². The molecule has 0 unspecified atom stereocenters. The van der Waals surface area contributed by atoms with Gasteiger partial charge in [-0.2, -0.15) is 0 Å². The van der Waals surface area contributed by atoms with E-state index < -0.39 is 0 Å². The molecule has 1 N–H and O–H groups in total. The lowest BCUT2D eigenvalue weighted by Crippen LogP contribution is -2.42. The number of nitrogens with zero attached hydrogens (tertiary/aromatic N) is 2. The van der Waals surface area contributed by atoms with E-state index in [0.29, 0.717) is 0 Å². The lowest BCUT2D eigenvalue weighted by Gasteiger charge is -2.26. The van der Waals surface area contributed by atoms with E-state index in [4.69, 9.17) is 0 Å². The molecular formula is C9H13N3S. The van der Waals surface area contributed by atoms with Crippen LogP contribution in [0.3, 0.4) is 0 Å². The van der Waals surface area contributed by atoms with Crippen molar-refractivity contribution in [2.24, 2.45) is 5.92 Å². The Morgan fingerprint density at radius 3 is 3.00 bits per heavy atom. The molecule has 2 rings (SSSR count). The fourth-order valence-electron chi connectivity index (χ4n) is 1.24. The van der Waals surface area contributed by atoms with E-state index in [0.717, 1.165) is 16.7 Å². The van der Waals surface area contributed by atoms with Crippen LogP contribution in [0.2, 0.25) is 0 Å². The zero-order valence-corrected chi connectivity index (χ0v) is 8.26. The van der Waals surface area contributed by atoms with Gasteiger partial charge in [0.15, 0.2) is 0 Å². The van der Waals surface area contributed by atoms with Gasteiger partial charge in [0.05, 0.1) is 6.20 Å². The number of aromatic nitrogens is 2. The van der Waals surface area contributed by atoms with Gasteiger partial charge in [-0.15, -0.1) is 11.8 Å². The third-order valence-electron chi connectivity index (χ3n) is 2.18. The molecule has 0 aromatic carbocycles. The van der Waals surface area contributed by atoms with Crippen LogP contribution in [0.15, 0.2) is 23.6 Å². The number of hydrogen-bond donors (Lipinski definition) is 1. The predicted octanol–water partition coefficient (Wildman–Crippen LogP) is 1.18. The summed E-state index contributed by atoms with van der Waals surface area (Å²) in [5.41, 5.74) is 0. The van der Waals surface area contributed by atoms with Gasteiger partial charge in [0.2, 0.25) is 0 Å². The quantitative estimate of drug-likeness (QED) is 0.732. The highest BCUT2D eigenvalue weighted by Crippen LogP contribution is 2.18. The van der Waals surface area contributed by atoms with Crippen LogP contribution in [0.25, 0.3) is 0 Å². The standard InChI is InChI=1S/C9H13N3S/c1(8-5-11-6-8)4-13-9-7-10-2-3-12-9/h2-3,7-8,11H,1,4-6H2. The second kappa shape index (κ2) is 4.58. The first-order valence-electron chi connectivity index (χ1n) is 4.54. The molecule has 0 atom stereocenters. The molecule has 1 fully saturated rings. The molecule has 1 aliphatic rings. The van der Waals surface area contributed by atoms with Crippen molar-refractivity contribution in [3.05, 3.63) is 18.6 Å². The Balaban J connectivity index is 1.67. The molecule has 1 aromatic heterocycles. The molecule has 1 aromatic rings. The van der Waals surface area contributed by atoms with Gasteiger partial charge in [-0.3, -0.25) is 4.98 Å². The lowest BCUT2D eigenvalue weighted by atomic mass is 10.0. The number of thioether (sulfide) groups is 1. The molecule has 3 nitrogen and oxygen atoms in total. The number of hydrogen-bond acceptors (Lipinski definition) is 4. The number of nitrogens with one attached hydrogen (secondary N) is 1. The van der Waals surface area contributed by atoms with Gasteiger partial charge in [-0.05, 0) is 31.2 Å². The summed E-state index contributed by atoms with van der Waals surface area (Å²) in [7, 11) is 0. The van der Waals surface area contributed by atoms with E-state index in [1.54, 1.807) is 24.2 Å². The van der Waals surface area contributed by atoms with Crippen LogP contribution in [-0.2, 0) is 0 Å². The van der Waals surface area contributed by atoms with E-state index in [2.05, 4.69) is 15.3 Å². The molecule has 0 radical (unpaired) electrons. The number of rotatable bonds is 4. The zero-order chi connectivity index (χ0) is 8.93. The monoisotopic (exact) mass is 195 g/mol. The summed E-state index contributed by atoms with van der Waals surface area (Å²) >= 11 is 1.80. The van der Waals surface area contributed by atoms with E-state index in [-0.39, 0.29) is 0 Å². The van der Waals surface area contributed by atoms with Crippen molar-refractivity contribution < 1.29 is 0 Å². The van der Waals surface area contributed by atoms with E-state index in [1.165, 1.54) is 19.5 Å². The van der Waals surface area contributed by atoms with Crippen LogP contribution in [-0.4, -0.2) is 28.8 Å². The Labute approximate surface area is 82.4 Å². The minimum atomic E-state index is 0.893. The average molecular weight is 195 g/mol. The zero-order valence-electron chi connectivity index (χ0n) is 7.44. The molecule has 4 heteroatoms. The molecule has 0 saturated carbocycles. The van der Waals surface area contributed by atoms with Crippen LogP contribution in [0.1, 0.15) is 6.42 Å². The van der Waals surface area contributed by atoms with Crippen molar-refractivity contribution in [1.29, 1.82) is 0 Å². The SMILES string of the molecule is c1cnc(SCCC2CNC2)cn1. The maximum Gasteiger partial charge on any atom is 0.114 e. The van der Waals surface area contributed by atoms with Crippen molar-refractivity contribution in [2.45, 2.75) is 11.4 Å². The Morgan fingerprint density at radius 1 is 1.46 bits per heavy atom. The molecule has 0 aliphatic carbocycles. The lowest BCUT2D eigenvalue weighted by molar-refractivity contribution is 0.341. The summed E-state index contributed by atoms with van der Waals surface area (Å²) in [6.45, 7) is 2.39. The molecule has 0 amide bonds. The second-order valence-corrected chi connectivity index (χ2v) is 4.32. The maximum absolute atomic E-state index is 4.20. The Bertz CT molecular complexity index is 248. The van der Waals surface area contributed by atoms with Gasteiger partial charge < -0.3 is 5.32 Å². The van der Waals surface area contributed by atoms with Crippen LogP contribution >= 0.6 is 11.8 Å². The molecule has 2 heterocycles. The third kappa shape index (κ3) is 2.67. The first kappa shape index (κ1) is 8.97. The summed E-state index contributed by atoms with van der Waals surface area (Å²) < 4.78 is 0. The molecule has 70 valence electrons. The topological polar surface area (TPSA) is 37.8 Å². The van der Waals surface area contributed by atoms with Crippen LogP contribution in [0.4, 0.5) is 0 Å². The summed E-state index contributed by atoms with van der Waals surface area (Å²) in [6, 6.07) is 0. The molecule has 1 saturated heterocycles. The van der Waals surface area contributed by atoms with Crippen LogP contribution < -0.4 is 5.32 Å². The highest BCUT2D eigenvalue weighted by Gasteiger charge is 2.15. The van der Waals surface area contributed by atoms with Gasteiger partial charge >= 0.3 is 0 Å². The molecule has 1 aliphatic heterocycles. The Hall–Kier alpha value is -0.610. The average Bonchev–Trinajstić information content (AvgIpc) is 2.11. The van der Waals surface area contributed by atoms with Crippen molar-refractivity contribution in [3.8, 4) is 0 Å². The highest BCUT2D eigenvalue weighted by atomic mass is 32.2. The van der Waals surface area contributed by atoms with Gasteiger partial charge in [0.1, 0.15) is 5.03 Å². The first-order chi connectivity index (χ1) is 6.45. The van der Waals surface area contributed by atoms with Crippen LogP contribution in [0, 0.1) is 5.92 Å². The molecule has 0 bridgehead atoms. The van der Waals surface area contributed by atoms with Gasteiger partial charge in [0, 0.05) is 12.4 Å². The second-order valence-electron chi connectivity index (χ2n) is 3.21. The van der Waals surface area contributed by atoms with E-state index in [9.17, 15) is 0 Å². The van der Waals surface area contributed by atoms with Crippen molar-refractivity contribution in [1.82, 2.24) is 15.3 Å². The fraction of sp³-hybridized carbons (Fsp3) is 0.556. The van der Waals surface area contributed by atoms with E-state index in [1.807, 2.05) is 6.20 Å². The molecule has 13 heavy (non-hydrogen) atoms. The first-order valence-corrected chi connectivity index (χ1v) is 5.53. The fourth-order valence-corrected chi connectivity index (χ4v) is 2.17. The minimum absolute atomic E-state index is 0.893. The smallest absolute Gasteiger partial charge is 0.114 e. The van der Waals surface area contributed by atoms with Crippen molar-refractivity contribution >= 4 is 11.8 Å². The normalized spacial score (nSPS) is 16.9. The molecule has 0 spiro atoms. The predicted molar refractivity (Wildman–Crippen MR) is 53.7 cm³/mol. The van der Waals surface area contributed by atoms with Crippen molar-refractivity contribution in [2.75, 3.05) is 18.8 Å². The van der Waals surface area contributed by atoms with Gasteiger partial charge in [-0.1, -0.05) is 0 Å². The minimum Gasteiger partial charge on any atom is -0.316 e. The Morgan fingerprint density at radius 2 is 2.38 bits per heavy atom. The van der Waals surface area contributed by atoms with E-state index >= 15 is 0 Å². The molecular weight excluding hydrogens is 182 g/mol. The summed E-state index contributed by atoms with van der Waals surface area (Å²) in [5.74, 6) is 2.05. The van der Waals surface area contributed by atoms with Gasteiger partial charge in [-0.25, -0.2) is 4.98 Å². The maximum atomic E-state index is 4.20. The summed E-state index contributed by atoms with van der Waals surface area (Å²) in [5, 5.41) is 4.31. The summed E-state index contributed by atoms with van der Waals surface area (Å²) in [6.07, 6.45) is 6.56. The van der Waals surface area contributed by atoms with Crippen LogP contribution in [0.5, 0.6) is 0 Å². The Kier molecular flexibility index (Phi) is 3.16.